The zero-order valence-electron chi connectivity index (χ0n) is 12.1. The molecule has 0 radical (unpaired) electrons. The van der Waals surface area contributed by atoms with E-state index in [0.29, 0.717) is 0 Å². The summed E-state index contributed by atoms with van der Waals surface area (Å²) in [6, 6.07) is 8.32. The Morgan fingerprint density at radius 2 is 2.10 bits per heavy atom. The SMILES string of the molecule is COCCNCCCc1nnc(Cc2cccc(Br)c2)s1. The molecule has 0 atom stereocenters. The molecule has 2 aromatic rings. The number of nitrogens with zero attached hydrogens (tertiary/aromatic N) is 2. The lowest BCUT2D eigenvalue weighted by atomic mass is 10.2. The average Bonchev–Trinajstić information content (AvgIpc) is 2.90. The molecule has 6 heteroatoms. The fraction of sp³-hybridized carbons (Fsp3) is 0.467. The molecular weight excluding hydrogens is 350 g/mol. The first-order valence-electron chi connectivity index (χ1n) is 7.03. The van der Waals surface area contributed by atoms with Crippen LogP contribution in [0, 0.1) is 0 Å². The summed E-state index contributed by atoms with van der Waals surface area (Å²) in [7, 11) is 1.72. The summed E-state index contributed by atoms with van der Waals surface area (Å²) >= 11 is 5.20. The van der Waals surface area contributed by atoms with Gasteiger partial charge in [0.1, 0.15) is 10.0 Å². The second-order valence-electron chi connectivity index (χ2n) is 4.74. The van der Waals surface area contributed by atoms with E-state index >= 15 is 0 Å². The van der Waals surface area contributed by atoms with Gasteiger partial charge in [0.25, 0.3) is 0 Å². The number of benzene rings is 1. The van der Waals surface area contributed by atoms with Gasteiger partial charge in [-0.15, -0.1) is 21.5 Å². The average molecular weight is 370 g/mol. The topological polar surface area (TPSA) is 47.0 Å². The molecule has 1 heterocycles. The molecule has 0 aliphatic heterocycles. The lowest BCUT2D eigenvalue weighted by molar-refractivity contribution is 0.199. The van der Waals surface area contributed by atoms with Gasteiger partial charge in [-0.25, -0.2) is 0 Å². The van der Waals surface area contributed by atoms with Crippen molar-refractivity contribution < 1.29 is 4.74 Å². The fourth-order valence-corrected chi connectivity index (χ4v) is 3.31. The van der Waals surface area contributed by atoms with Gasteiger partial charge >= 0.3 is 0 Å². The summed E-state index contributed by atoms with van der Waals surface area (Å²) in [6.45, 7) is 2.65. The second-order valence-corrected chi connectivity index (χ2v) is 6.80. The molecule has 0 amide bonds. The van der Waals surface area contributed by atoms with Gasteiger partial charge in [-0.1, -0.05) is 28.1 Å². The van der Waals surface area contributed by atoms with Crippen LogP contribution in [0.15, 0.2) is 28.7 Å². The number of aryl methyl sites for hydroxylation is 1. The quantitative estimate of drug-likeness (QED) is 0.690. The van der Waals surface area contributed by atoms with Gasteiger partial charge in [-0.05, 0) is 30.7 Å². The Labute approximate surface area is 138 Å². The predicted molar refractivity (Wildman–Crippen MR) is 89.9 cm³/mol. The summed E-state index contributed by atoms with van der Waals surface area (Å²) in [6.07, 6.45) is 2.91. The second kappa shape index (κ2) is 9.25. The Morgan fingerprint density at radius 3 is 2.90 bits per heavy atom. The number of aromatic nitrogens is 2. The van der Waals surface area contributed by atoms with Crippen molar-refractivity contribution in [3.63, 3.8) is 0 Å². The van der Waals surface area contributed by atoms with Crippen molar-refractivity contribution in [2.75, 3.05) is 26.8 Å². The van der Waals surface area contributed by atoms with Crippen LogP contribution in [0.1, 0.15) is 22.0 Å². The standard InChI is InChI=1S/C15H20BrN3OS/c1-20-9-8-17-7-3-6-14-18-19-15(21-14)11-12-4-2-5-13(16)10-12/h2,4-5,10,17H,3,6-9,11H2,1H3. The monoisotopic (exact) mass is 369 g/mol. The van der Waals surface area contributed by atoms with Crippen LogP contribution in [0.2, 0.25) is 0 Å². The van der Waals surface area contributed by atoms with Crippen molar-refractivity contribution in [1.82, 2.24) is 15.5 Å². The lowest BCUT2D eigenvalue weighted by Crippen LogP contribution is -2.20. The van der Waals surface area contributed by atoms with Crippen LogP contribution in [0.25, 0.3) is 0 Å². The molecule has 0 saturated heterocycles. The Balaban J connectivity index is 1.74. The van der Waals surface area contributed by atoms with E-state index in [4.69, 9.17) is 4.74 Å². The molecule has 2 rings (SSSR count). The first kappa shape index (κ1) is 16.5. The molecule has 0 spiro atoms. The molecule has 0 unspecified atom stereocenters. The molecule has 0 saturated carbocycles. The molecule has 1 N–H and O–H groups in total. The van der Waals surface area contributed by atoms with Gasteiger partial charge in [0.15, 0.2) is 0 Å². The summed E-state index contributed by atoms with van der Waals surface area (Å²) in [4.78, 5) is 0. The van der Waals surface area contributed by atoms with E-state index in [1.54, 1.807) is 18.4 Å². The van der Waals surface area contributed by atoms with Gasteiger partial charge in [0.05, 0.1) is 6.61 Å². The number of rotatable bonds is 9. The minimum absolute atomic E-state index is 0.760. The zero-order chi connectivity index (χ0) is 14.9. The maximum absolute atomic E-state index is 4.99. The molecule has 0 bridgehead atoms. The van der Waals surface area contributed by atoms with Crippen LogP contribution in [0.5, 0.6) is 0 Å². The smallest absolute Gasteiger partial charge is 0.121 e. The number of hydrogen-bond donors (Lipinski definition) is 1. The van der Waals surface area contributed by atoms with Gasteiger partial charge < -0.3 is 10.1 Å². The van der Waals surface area contributed by atoms with E-state index in [-0.39, 0.29) is 0 Å². The molecule has 0 aliphatic carbocycles. The van der Waals surface area contributed by atoms with Gasteiger partial charge in [-0.3, -0.25) is 0 Å². The normalized spacial score (nSPS) is 11.0. The number of methoxy groups -OCH3 is 1. The van der Waals surface area contributed by atoms with Crippen molar-refractivity contribution >= 4 is 27.3 Å². The lowest BCUT2D eigenvalue weighted by Gasteiger charge is -2.01. The van der Waals surface area contributed by atoms with Crippen molar-refractivity contribution in [2.24, 2.45) is 0 Å². The Morgan fingerprint density at radius 1 is 1.24 bits per heavy atom. The van der Waals surface area contributed by atoms with E-state index in [1.807, 2.05) is 12.1 Å². The number of nitrogens with one attached hydrogen (secondary N) is 1. The summed E-state index contributed by atoms with van der Waals surface area (Å²) in [5.74, 6) is 0. The minimum Gasteiger partial charge on any atom is -0.383 e. The van der Waals surface area contributed by atoms with Crippen molar-refractivity contribution in [2.45, 2.75) is 19.3 Å². The Kier molecular flexibility index (Phi) is 7.29. The number of hydrogen-bond acceptors (Lipinski definition) is 5. The highest BCUT2D eigenvalue weighted by Gasteiger charge is 2.05. The highest BCUT2D eigenvalue weighted by molar-refractivity contribution is 9.10. The maximum atomic E-state index is 4.99. The molecular formula is C15H20BrN3OS. The third kappa shape index (κ3) is 6.22. The van der Waals surface area contributed by atoms with Crippen LogP contribution in [-0.4, -0.2) is 37.0 Å². The van der Waals surface area contributed by atoms with E-state index in [2.05, 4.69) is 43.6 Å². The maximum Gasteiger partial charge on any atom is 0.121 e. The van der Waals surface area contributed by atoms with Crippen molar-refractivity contribution in [1.29, 1.82) is 0 Å². The summed E-state index contributed by atoms with van der Waals surface area (Å²) < 4.78 is 6.09. The summed E-state index contributed by atoms with van der Waals surface area (Å²) in [5.41, 5.74) is 1.26. The van der Waals surface area contributed by atoms with Gasteiger partial charge in [-0.2, -0.15) is 0 Å². The van der Waals surface area contributed by atoms with Crippen molar-refractivity contribution in [3.8, 4) is 0 Å². The zero-order valence-corrected chi connectivity index (χ0v) is 14.5. The van der Waals surface area contributed by atoms with Gasteiger partial charge in [0.2, 0.25) is 0 Å². The van der Waals surface area contributed by atoms with Crippen LogP contribution in [0.4, 0.5) is 0 Å². The molecule has 0 fully saturated rings. The highest BCUT2D eigenvalue weighted by atomic mass is 79.9. The molecule has 1 aromatic carbocycles. The Hall–Kier alpha value is -0.820. The molecule has 0 aliphatic rings. The van der Waals surface area contributed by atoms with Gasteiger partial charge in [0, 0.05) is 31.0 Å². The predicted octanol–water partition coefficient (Wildman–Crippen LogP) is 3.06. The first-order chi connectivity index (χ1) is 10.3. The molecule has 1 aromatic heterocycles. The van der Waals surface area contributed by atoms with Crippen LogP contribution >= 0.6 is 27.3 Å². The first-order valence-corrected chi connectivity index (χ1v) is 8.64. The summed E-state index contributed by atoms with van der Waals surface area (Å²) in [5, 5.41) is 14.1. The number of ether oxygens (including phenoxy) is 1. The highest BCUT2D eigenvalue weighted by Crippen LogP contribution is 2.18. The van der Waals surface area contributed by atoms with Crippen molar-refractivity contribution in [3.05, 3.63) is 44.3 Å². The van der Waals surface area contributed by atoms with E-state index in [1.165, 1.54) is 5.56 Å². The molecule has 114 valence electrons. The van der Waals surface area contributed by atoms with E-state index in [0.717, 1.165) is 53.4 Å². The largest absolute Gasteiger partial charge is 0.383 e. The third-order valence-corrected chi connectivity index (χ3v) is 4.46. The Bertz CT molecular complexity index is 547. The van der Waals surface area contributed by atoms with E-state index in [9.17, 15) is 0 Å². The third-order valence-electron chi connectivity index (χ3n) is 2.98. The fourth-order valence-electron chi connectivity index (χ4n) is 1.95. The van der Waals surface area contributed by atoms with Crippen LogP contribution in [-0.2, 0) is 17.6 Å². The van der Waals surface area contributed by atoms with E-state index < -0.39 is 0 Å². The molecule has 4 nitrogen and oxygen atoms in total. The van der Waals surface area contributed by atoms with Crippen LogP contribution < -0.4 is 5.32 Å². The number of halogens is 1. The van der Waals surface area contributed by atoms with Crippen LogP contribution in [0.3, 0.4) is 0 Å². The minimum atomic E-state index is 0.760. The molecule has 21 heavy (non-hydrogen) atoms.